The number of carbonyl (C=O) groups is 1. The Bertz CT molecular complexity index is 1910. The molecular weight excluding hydrogens is 613 g/mol. The average Bonchev–Trinajstić information content (AvgIpc) is 3.01. The van der Waals surface area contributed by atoms with Crippen LogP contribution >= 0.6 is 0 Å². The first-order valence-corrected chi connectivity index (χ1v) is 16.1. The van der Waals surface area contributed by atoms with Gasteiger partial charge in [0.2, 0.25) is 0 Å². The zero-order chi connectivity index (χ0) is 34.4. The van der Waals surface area contributed by atoms with Gasteiger partial charge in [-0.1, -0.05) is 39.0 Å². The quantitative estimate of drug-likeness (QED) is 0.227. The molecule has 4 heterocycles. The van der Waals surface area contributed by atoms with Gasteiger partial charge in [0.1, 0.15) is 28.7 Å². The molecule has 0 atom stereocenters. The molecular formula is C36H42FN7O4. The molecule has 3 N–H and O–H groups in total. The van der Waals surface area contributed by atoms with Crippen molar-refractivity contribution in [1.82, 2.24) is 25.1 Å². The number of anilines is 3. The Kier molecular flexibility index (Phi) is 8.84. The van der Waals surface area contributed by atoms with Gasteiger partial charge in [0, 0.05) is 31.3 Å². The number of carbonyl (C=O) groups excluding carboxylic acids is 1. The highest BCUT2D eigenvalue weighted by Crippen LogP contribution is 2.35. The summed E-state index contributed by atoms with van der Waals surface area (Å²) in [7, 11) is 1.53. The van der Waals surface area contributed by atoms with Crippen LogP contribution in [0.4, 0.5) is 21.6 Å². The van der Waals surface area contributed by atoms with Crippen LogP contribution < -0.4 is 26.0 Å². The molecule has 0 bridgehead atoms. The largest absolute Gasteiger partial charge is 0.485 e. The van der Waals surface area contributed by atoms with Gasteiger partial charge in [-0.3, -0.25) is 14.5 Å². The first kappa shape index (κ1) is 33.3. The predicted molar refractivity (Wildman–Crippen MR) is 183 cm³/mol. The van der Waals surface area contributed by atoms with Gasteiger partial charge in [-0.25, -0.2) is 24.5 Å². The molecule has 6 rings (SSSR count). The van der Waals surface area contributed by atoms with Crippen molar-refractivity contribution in [1.29, 1.82) is 0 Å². The van der Waals surface area contributed by atoms with Crippen molar-refractivity contribution in [2.75, 3.05) is 30.0 Å². The van der Waals surface area contributed by atoms with E-state index in [1.165, 1.54) is 29.2 Å². The number of hydrazine groups is 1. The second kappa shape index (κ2) is 12.8. The van der Waals surface area contributed by atoms with Crippen molar-refractivity contribution in [2.45, 2.75) is 65.2 Å². The Labute approximate surface area is 279 Å². The average molecular weight is 656 g/mol. The number of ether oxygens (including phenoxy) is 1. The van der Waals surface area contributed by atoms with Crippen molar-refractivity contribution in [2.24, 2.45) is 7.05 Å². The summed E-state index contributed by atoms with van der Waals surface area (Å²) >= 11 is 0. The van der Waals surface area contributed by atoms with Crippen LogP contribution in [0.15, 0.2) is 59.5 Å². The summed E-state index contributed by atoms with van der Waals surface area (Å²) < 4.78 is 22.8. The first-order chi connectivity index (χ1) is 22.7. The number of aryl methyl sites for hydroxylation is 1. The molecule has 0 saturated carbocycles. The molecule has 12 heteroatoms. The second-order valence-corrected chi connectivity index (χ2v) is 14.0. The molecule has 2 aliphatic heterocycles. The minimum atomic E-state index is -0.588. The van der Waals surface area contributed by atoms with Gasteiger partial charge in [0.15, 0.2) is 0 Å². The van der Waals surface area contributed by atoms with Crippen LogP contribution in [-0.2, 0) is 25.6 Å². The number of aliphatic hydroxyl groups excluding tert-OH is 1. The molecule has 2 aromatic carbocycles. The van der Waals surface area contributed by atoms with Crippen LogP contribution in [0.3, 0.4) is 0 Å². The molecule has 0 aliphatic carbocycles. The van der Waals surface area contributed by atoms with Crippen LogP contribution in [0, 0.1) is 5.82 Å². The number of fused-ring (bicyclic) bond motifs is 1. The number of aromatic nitrogens is 3. The monoisotopic (exact) mass is 655 g/mol. The van der Waals surface area contributed by atoms with Gasteiger partial charge in [0.05, 0.1) is 29.7 Å². The van der Waals surface area contributed by atoms with Crippen LogP contribution in [0.25, 0.3) is 11.3 Å². The predicted octanol–water partition coefficient (Wildman–Crippen LogP) is 5.04. The number of halogens is 1. The Morgan fingerprint density at radius 3 is 2.48 bits per heavy atom. The van der Waals surface area contributed by atoms with Gasteiger partial charge in [-0.05, 0) is 80.2 Å². The van der Waals surface area contributed by atoms with Crippen molar-refractivity contribution >= 4 is 23.1 Å². The van der Waals surface area contributed by atoms with Crippen LogP contribution in [0.2, 0.25) is 0 Å². The Balaban J connectivity index is 1.27. The SMILES string of the molecule is Cn1nc(-c2cccc(N3NCc4cc(C(C)(C)C)cc(F)c4C3=O)c2CO)cc(Nc2ccc(OC(C)(C)CN3CCC3)cn2)c1=O. The molecule has 0 unspecified atom stereocenters. The van der Waals surface area contributed by atoms with Gasteiger partial charge in [0.25, 0.3) is 11.5 Å². The third-order valence-corrected chi connectivity index (χ3v) is 8.72. The maximum atomic E-state index is 15.4. The third-order valence-electron chi connectivity index (χ3n) is 8.72. The molecule has 252 valence electrons. The van der Waals surface area contributed by atoms with Crippen molar-refractivity contribution in [3.05, 3.63) is 93.2 Å². The lowest BCUT2D eigenvalue weighted by atomic mass is 9.84. The molecule has 1 amide bonds. The molecule has 0 spiro atoms. The number of amides is 1. The fraction of sp³-hybridized carbons (Fsp3) is 0.389. The maximum absolute atomic E-state index is 15.4. The van der Waals surface area contributed by atoms with E-state index < -0.39 is 18.3 Å². The molecule has 11 nitrogen and oxygen atoms in total. The minimum Gasteiger partial charge on any atom is -0.485 e. The van der Waals surface area contributed by atoms with Crippen molar-refractivity contribution in [3.8, 4) is 17.0 Å². The van der Waals surface area contributed by atoms with Crippen LogP contribution in [0.5, 0.6) is 5.75 Å². The molecule has 4 aromatic rings. The van der Waals surface area contributed by atoms with E-state index in [1.54, 1.807) is 42.6 Å². The van der Waals surface area contributed by atoms with E-state index in [0.717, 1.165) is 25.2 Å². The van der Waals surface area contributed by atoms with E-state index in [1.807, 2.05) is 40.7 Å². The fourth-order valence-corrected chi connectivity index (χ4v) is 6.12. The normalized spacial score (nSPS) is 15.2. The highest BCUT2D eigenvalue weighted by atomic mass is 19.1. The van der Waals surface area contributed by atoms with Gasteiger partial charge in [-0.15, -0.1) is 0 Å². The smallest absolute Gasteiger partial charge is 0.290 e. The summed E-state index contributed by atoms with van der Waals surface area (Å²) in [6.45, 7) is 12.8. The summed E-state index contributed by atoms with van der Waals surface area (Å²) in [5.74, 6) is -0.0996. The second-order valence-electron chi connectivity index (χ2n) is 14.0. The number of rotatable bonds is 9. The topological polar surface area (TPSA) is 125 Å². The molecule has 2 aromatic heterocycles. The number of benzene rings is 2. The van der Waals surface area contributed by atoms with E-state index in [9.17, 15) is 14.7 Å². The zero-order valence-electron chi connectivity index (χ0n) is 28.2. The molecule has 1 saturated heterocycles. The molecule has 48 heavy (non-hydrogen) atoms. The molecule has 1 fully saturated rings. The van der Waals surface area contributed by atoms with Crippen molar-refractivity contribution < 1.29 is 19.0 Å². The van der Waals surface area contributed by atoms with Gasteiger partial charge < -0.3 is 15.2 Å². The van der Waals surface area contributed by atoms with E-state index in [0.29, 0.717) is 39.6 Å². The Morgan fingerprint density at radius 2 is 1.83 bits per heavy atom. The Morgan fingerprint density at radius 1 is 1.06 bits per heavy atom. The number of pyridine rings is 1. The van der Waals surface area contributed by atoms with Crippen LogP contribution in [0.1, 0.15) is 68.1 Å². The number of hydrogen-bond acceptors (Lipinski definition) is 9. The lowest BCUT2D eigenvalue weighted by molar-refractivity contribution is 0.0350. The number of hydrogen-bond donors (Lipinski definition) is 3. The standard InChI is InChI=1S/C36H42FN7O4/c1-35(2,3)23-15-22-18-39-44(34(47)32(22)27(37)16-23)30-10-7-9-25(26(30)20-45)28-17-29(33(46)42(6)41-28)40-31-12-11-24(19-38-31)48-36(4,5)21-43-13-8-14-43/h7,9-12,15-17,19,39,45H,8,13-14,18,20-21H2,1-6H3,(H,38,40). The number of nitrogens with one attached hydrogen (secondary N) is 2. The summed E-state index contributed by atoms with van der Waals surface area (Å²) in [6.07, 6.45) is 2.83. The van der Waals surface area contributed by atoms with Crippen molar-refractivity contribution in [3.63, 3.8) is 0 Å². The summed E-state index contributed by atoms with van der Waals surface area (Å²) in [5.41, 5.74) is 5.23. The van der Waals surface area contributed by atoms with E-state index in [2.05, 4.69) is 25.7 Å². The van der Waals surface area contributed by atoms with E-state index in [4.69, 9.17) is 4.74 Å². The summed E-state index contributed by atoms with van der Waals surface area (Å²) in [6, 6.07) is 13.5. The number of nitrogens with zero attached hydrogens (tertiary/aromatic N) is 5. The highest BCUT2D eigenvalue weighted by Gasteiger charge is 2.32. The number of likely N-dealkylation sites (tertiary alicyclic amines) is 1. The maximum Gasteiger partial charge on any atom is 0.290 e. The van der Waals surface area contributed by atoms with Gasteiger partial charge >= 0.3 is 0 Å². The summed E-state index contributed by atoms with van der Waals surface area (Å²) in [4.78, 5) is 33.6. The zero-order valence-corrected chi connectivity index (χ0v) is 28.2. The van der Waals surface area contributed by atoms with E-state index in [-0.39, 0.29) is 34.4 Å². The van der Waals surface area contributed by atoms with Gasteiger partial charge in [-0.2, -0.15) is 5.10 Å². The summed E-state index contributed by atoms with van der Waals surface area (Å²) in [5, 5.41) is 19.4. The fourth-order valence-electron chi connectivity index (χ4n) is 6.12. The number of aliphatic hydroxyl groups is 1. The lowest BCUT2D eigenvalue weighted by Crippen LogP contribution is -2.48. The van der Waals surface area contributed by atoms with E-state index >= 15 is 4.39 Å². The third kappa shape index (κ3) is 6.69. The van der Waals surface area contributed by atoms with Crippen LogP contribution in [-0.4, -0.2) is 55.9 Å². The highest BCUT2D eigenvalue weighted by molar-refractivity contribution is 6.08. The Hall–Kier alpha value is -4.65. The first-order valence-electron chi connectivity index (χ1n) is 16.1. The molecule has 2 aliphatic rings. The lowest BCUT2D eigenvalue weighted by Gasteiger charge is -2.38. The molecule has 0 radical (unpaired) electrons. The minimum absolute atomic E-state index is 0.00798.